The van der Waals surface area contributed by atoms with Crippen LogP contribution in [0.2, 0.25) is 0 Å². The molecule has 1 radical (unpaired) electrons. The van der Waals surface area contributed by atoms with Crippen molar-refractivity contribution in [2.45, 2.75) is 0 Å². The summed E-state index contributed by atoms with van der Waals surface area (Å²) >= 11 is 0. The summed E-state index contributed by atoms with van der Waals surface area (Å²) in [5, 5.41) is 1.09. The quantitative estimate of drug-likeness (QED) is 0.681. The first-order chi connectivity index (χ1) is 7.93. The molecule has 77 valence electrons. The van der Waals surface area contributed by atoms with E-state index in [1.54, 1.807) is 0 Å². The first-order valence-electron chi connectivity index (χ1n) is 5.13. The maximum atomic E-state index is 5.77. The molecule has 0 aliphatic rings. The summed E-state index contributed by atoms with van der Waals surface area (Å²) in [6.07, 6.45) is 1.87. The van der Waals surface area contributed by atoms with E-state index in [-0.39, 0.29) is 0 Å². The Labute approximate surface area is 93.5 Å². The number of benzene rings is 2. The molecule has 0 spiro atoms. The largest absolute Gasteiger partial charge is 0.455 e. The average molecular weight is 208 g/mol. The van der Waals surface area contributed by atoms with Gasteiger partial charge in [0.15, 0.2) is 5.75 Å². The highest BCUT2D eigenvalue weighted by atomic mass is 16.5. The van der Waals surface area contributed by atoms with Gasteiger partial charge in [0.1, 0.15) is 5.75 Å². The Kier molecular flexibility index (Phi) is 2.11. The normalized spacial score (nSPS) is 10.5. The van der Waals surface area contributed by atoms with Crippen molar-refractivity contribution in [2.24, 2.45) is 0 Å². The molecule has 0 saturated heterocycles. The minimum absolute atomic E-state index is 0.798. The zero-order valence-corrected chi connectivity index (χ0v) is 8.60. The molecule has 0 aliphatic carbocycles. The fourth-order valence-corrected chi connectivity index (χ4v) is 1.70. The van der Waals surface area contributed by atoms with Crippen LogP contribution in [0.25, 0.3) is 10.9 Å². The van der Waals surface area contributed by atoms with E-state index in [0.717, 1.165) is 22.4 Å². The smallest absolute Gasteiger partial charge is 0.152 e. The average Bonchev–Trinajstić information content (AvgIpc) is 2.74. The van der Waals surface area contributed by atoms with Crippen LogP contribution in [0.4, 0.5) is 0 Å². The summed E-state index contributed by atoms with van der Waals surface area (Å²) in [6.45, 7) is 0. The Hall–Kier alpha value is -2.22. The molecule has 0 bridgehead atoms. The van der Waals surface area contributed by atoms with Gasteiger partial charge in [-0.1, -0.05) is 24.3 Å². The highest BCUT2D eigenvalue weighted by Crippen LogP contribution is 2.29. The molecule has 0 saturated carbocycles. The van der Waals surface area contributed by atoms with E-state index in [4.69, 9.17) is 4.74 Å². The first-order valence-corrected chi connectivity index (χ1v) is 5.13. The molecule has 2 aromatic carbocycles. The summed E-state index contributed by atoms with van der Waals surface area (Å²) in [4.78, 5) is 3.17. The molecule has 2 nitrogen and oxygen atoms in total. The lowest BCUT2D eigenvalue weighted by Gasteiger charge is -2.02. The van der Waals surface area contributed by atoms with Gasteiger partial charge in [-0.2, -0.15) is 0 Å². The Balaban J connectivity index is 2.01. The lowest BCUT2D eigenvalue weighted by molar-refractivity contribution is 0.488. The van der Waals surface area contributed by atoms with E-state index < -0.39 is 0 Å². The fraction of sp³-hybridized carbons (Fsp3) is 0. The number of fused-ring (bicyclic) bond motifs is 1. The number of ether oxygens (including phenoxy) is 1. The Morgan fingerprint density at radius 2 is 2.00 bits per heavy atom. The summed E-state index contributed by atoms with van der Waals surface area (Å²) in [7, 11) is 0. The molecule has 0 unspecified atom stereocenters. The minimum atomic E-state index is 0.798. The number of para-hydroxylation sites is 1. The molecule has 0 aliphatic heterocycles. The zero-order chi connectivity index (χ0) is 10.8. The Morgan fingerprint density at radius 3 is 2.88 bits per heavy atom. The van der Waals surface area contributed by atoms with Gasteiger partial charge >= 0.3 is 0 Å². The number of hydrogen-bond acceptors (Lipinski definition) is 1. The lowest BCUT2D eigenvalue weighted by Crippen LogP contribution is -1.81. The van der Waals surface area contributed by atoms with E-state index in [2.05, 4.69) is 11.1 Å². The van der Waals surface area contributed by atoms with E-state index in [0.29, 0.717) is 0 Å². The summed E-state index contributed by atoms with van der Waals surface area (Å²) < 4.78 is 5.77. The summed E-state index contributed by atoms with van der Waals surface area (Å²) in [6, 6.07) is 18.5. The van der Waals surface area contributed by atoms with Crippen LogP contribution in [0.3, 0.4) is 0 Å². The van der Waals surface area contributed by atoms with Crippen LogP contribution in [0, 0.1) is 6.07 Å². The number of H-pyrrole nitrogens is 1. The number of nitrogens with one attached hydrogen (secondary N) is 1. The zero-order valence-electron chi connectivity index (χ0n) is 8.60. The van der Waals surface area contributed by atoms with Gasteiger partial charge < -0.3 is 9.72 Å². The van der Waals surface area contributed by atoms with Gasteiger partial charge in [-0.3, -0.25) is 0 Å². The van der Waals surface area contributed by atoms with Crippen molar-refractivity contribution in [1.82, 2.24) is 4.98 Å². The SMILES string of the molecule is [c]1cccc(Oc2c[nH]c3ccccc23)c1. The molecule has 0 atom stereocenters. The van der Waals surface area contributed by atoms with Crippen LogP contribution >= 0.6 is 0 Å². The topological polar surface area (TPSA) is 25.0 Å². The molecule has 0 fully saturated rings. The van der Waals surface area contributed by atoms with E-state index in [1.807, 2.05) is 54.7 Å². The van der Waals surface area contributed by atoms with Crippen LogP contribution < -0.4 is 4.74 Å². The predicted molar refractivity (Wildman–Crippen MR) is 63.7 cm³/mol. The van der Waals surface area contributed by atoms with Crippen molar-refractivity contribution in [3.63, 3.8) is 0 Å². The molecule has 2 heteroatoms. The summed E-state index contributed by atoms with van der Waals surface area (Å²) in [5.41, 5.74) is 1.08. The molecule has 1 aromatic heterocycles. The molecule has 1 N–H and O–H groups in total. The second-order valence-electron chi connectivity index (χ2n) is 3.54. The summed E-state index contributed by atoms with van der Waals surface area (Å²) in [5.74, 6) is 1.64. The number of rotatable bonds is 2. The third kappa shape index (κ3) is 1.54. The molecule has 0 amide bonds. The van der Waals surface area contributed by atoms with Gasteiger partial charge in [-0.15, -0.1) is 0 Å². The van der Waals surface area contributed by atoms with Crippen molar-refractivity contribution in [2.75, 3.05) is 0 Å². The van der Waals surface area contributed by atoms with Gasteiger partial charge in [0, 0.05) is 17.1 Å². The lowest BCUT2D eigenvalue weighted by atomic mass is 10.2. The van der Waals surface area contributed by atoms with Gasteiger partial charge in [-0.25, -0.2) is 0 Å². The van der Waals surface area contributed by atoms with Crippen LogP contribution in [0.5, 0.6) is 11.5 Å². The van der Waals surface area contributed by atoms with Crippen LogP contribution in [0.1, 0.15) is 0 Å². The molecular formula is C14H10NO. The van der Waals surface area contributed by atoms with Crippen molar-refractivity contribution >= 4 is 10.9 Å². The third-order valence-corrected chi connectivity index (χ3v) is 2.46. The van der Waals surface area contributed by atoms with Crippen LogP contribution in [0.15, 0.2) is 54.7 Å². The molecule has 1 heterocycles. The number of aromatic nitrogens is 1. The van der Waals surface area contributed by atoms with Gasteiger partial charge in [0.05, 0.1) is 0 Å². The molecule has 16 heavy (non-hydrogen) atoms. The second-order valence-corrected chi connectivity index (χ2v) is 3.54. The monoisotopic (exact) mass is 208 g/mol. The van der Waals surface area contributed by atoms with Crippen molar-refractivity contribution in [1.29, 1.82) is 0 Å². The Bertz CT molecular complexity index is 598. The maximum Gasteiger partial charge on any atom is 0.152 e. The molecular weight excluding hydrogens is 198 g/mol. The number of hydrogen-bond donors (Lipinski definition) is 1. The van der Waals surface area contributed by atoms with E-state index in [1.165, 1.54) is 0 Å². The highest BCUT2D eigenvalue weighted by Gasteiger charge is 2.04. The second kappa shape index (κ2) is 3.74. The maximum absolute atomic E-state index is 5.77. The first kappa shape index (κ1) is 9.04. The highest BCUT2D eigenvalue weighted by molar-refractivity contribution is 5.86. The van der Waals surface area contributed by atoms with Gasteiger partial charge in [-0.05, 0) is 30.3 Å². The van der Waals surface area contributed by atoms with Crippen molar-refractivity contribution in [3.05, 3.63) is 60.8 Å². The molecule has 3 rings (SSSR count). The predicted octanol–water partition coefficient (Wildman–Crippen LogP) is 3.76. The van der Waals surface area contributed by atoms with Crippen molar-refractivity contribution < 1.29 is 4.74 Å². The van der Waals surface area contributed by atoms with E-state index >= 15 is 0 Å². The van der Waals surface area contributed by atoms with Crippen LogP contribution in [-0.4, -0.2) is 4.98 Å². The molecule has 3 aromatic rings. The van der Waals surface area contributed by atoms with Crippen molar-refractivity contribution in [3.8, 4) is 11.5 Å². The standard InChI is InChI=1S/C14H10NO/c1-2-6-11(7-3-1)16-14-10-15-13-9-5-4-8-12(13)14/h1-2,4-10,15H. The van der Waals surface area contributed by atoms with Gasteiger partial charge in [0.2, 0.25) is 0 Å². The third-order valence-electron chi connectivity index (χ3n) is 2.46. The van der Waals surface area contributed by atoms with Crippen LogP contribution in [-0.2, 0) is 0 Å². The fourth-order valence-electron chi connectivity index (χ4n) is 1.70. The van der Waals surface area contributed by atoms with Gasteiger partial charge in [0.25, 0.3) is 0 Å². The van der Waals surface area contributed by atoms with E-state index in [9.17, 15) is 0 Å². The number of aromatic amines is 1. The minimum Gasteiger partial charge on any atom is -0.455 e. The Morgan fingerprint density at radius 1 is 1.06 bits per heavy atom.